The zero-order valence-corrected chi connectivity index (χ0v) is 14.4. The highest BCUT2D eigenvalue weighted by Crippen LogP contribution is 2.24. The summed E-state index contributed by atoms with van der Waals surface area (Å²) in [6, 6.07) is 11.7. The van der Waals surface area contributed by atoms with Gasteiger partial charge in [-0.2, -0.15) is 0 Å². The van der Waals surface area contributed by atoms with Crippen LogP contribution in [0.4, 0.5) is 14.5 Å². The highest BCUT2D eigenvalue weighted by Gasteiger charge is 2.22. The highest BCUT2D eigenvalue weighted by atomic mass is 32.2. The van der Waals surface area contributed by atoms with E-state index in [-0.39, 0.29) is 18.0 Å². The van der Waals surface area contributed by atoms with E-state index in [2.05, 4.69) is 0 Å². The monoisotopic (exact) mass is 365 g/mol. The Balaban J connectivity index is 2.16. The molecule has 0 aliphatic carbocycles. The Morgan fingerprint density at radius 3 is 2.32 bits per heavy atom. The largest absolute Gasteiger partial charge is 0.465 e. The number of amides is 1. The van der Waals surface area contributed by atoms with Crippen LogP contribution in [-0.2, 0) is 14.3 Å². The molecule has 0 aromatic heterocycles. The van der Waals surface area contributed by atoms with E-state index in [1.807, 2.05) is 0 Å². The van der Waals surface area contributed by atoms with E-state index >= 15 is 0 Å². The molecular formula is C18H17F2NO3S. The number of carbonyl (C=O) groups excluding carboxylic acids is 2. The van der Waals surface area contributed by atoms with Gasteiger partial charge in [-0.1, -0.05) is 24.3 Å². The zero-order chi connectivity index (χ0) is 18.2. The van der Waals surface area contributed by atoms with Crippen molar-refractivity contribution in [1.29, 1.82) is 0 Å². The molecule has 0 N–H and O–H groups in total. The molecule has 0 aliphatic rings. The van der Waals surface area contributed by atoms with Crippen LogP contribution in [0.1, 0.15) is 6.92 Å². The number of anilines is 1. The van der Waals surface area contributed by atoms with E-state index in [1.54, 1.807) is 31.2 Å². The first-order valence-corrected chi connectivity index (χ1v) is 8.59. The number of hydrogen-bond acceptors (Lipinski definition) is 4. The first-order valence-electron chi connectivity index (χ1n) is 7.60. The van der Waals surface area contributed by atoms with E-state index in [0.29, 0.717) is 4.90 Å². The summed E-state index contributed by atoms with van der Waals surface area (Å²) in [7, 11) is 0. The first-order chi connectivity index (χ1) is 12.0. The Morgan fingerprint density at radius 2 is 1.68 bits per heavy atom. The minimum absolute atomic E-state index is 0.0188. The van der Waals surface area contributed by atoms with Crippen molar-refractivity contribution in [3.63, 3.8) is 0 Å². The van der Waals surface area contributed by atoms with Gasteiger partial charge in [0.1, 0.15) is 18.2 Å². The summed E-state index contributed by atoms with van der Waals surface area (Å²) < 4.78 is 32.6. The van der Waals surface area contributed by atoms with Gasteiger partial charge >= 0.3 is 5.97 Å². The number of hydrogen-bond donors (Lipinski definition) is 0. The molecule has 2 aromatic carbocycles. The van der Waals surface area contributed by atoms with Crippen LogP contribution in [0.5, 0.6) is 0 Å². The molecule has 2 rings (SSSR count). The third-order valence-electron chi connectivity index (χ3n) is 3.22. The molecule has 0 fully saturated rings. The van der Waals surface area contributed by atoms with Crippen LogP contribution in [0.25, 0.3) is 0 Å². The molecule has 2 aromatic rings. The van der Waals surface area contributed by atoms with Gasteiger partial charge in [0.25, 0.3) is 0 Å². The second kappa shape index (κ2) is 9.17. The topological polar surface area (TPSA) is 46.6 Å². The lowest BCUT2D eigenvalue weighted by molar-refractivity contribution is -0.142. The molecule has 0 spiro atoms. The molecule has 0 atom stereocenters. The number of benzene rings is 2. The minimum atomic E-state index is -0.644. The highest BCUT2D eigenvalue weighted by molar-refractivity contribution is 8.00. The lowest BCUT2D eigenvalue weighted by atomic mass is 10.2. The van der Waals surface area contributed by atoms with Crippen molar-refractivity contribution in [2.45, 2.75) is 11.8 Å². The maximum Gasteiger partial charge on any atom is 0.326 e. The summed E-state index contributed by atoms with van der Waals surface area (Å²) in [6.45, 7) is 1.38. The summed E-state index contributed by atoms with van der Waals surface area (Å²) >= 11 is 0.984. The summed E-state index contributed by atoms with van der Waals surface area (Å²) in [6.07, 6.45) is 0. The normalized spacial score (nSPS) is 10.4. The van der Waals surface area contributed by atoms with Crippen molar-refractivity contribution in [1.82, 2.24) is 0 Å². The molecule has 0 unspecified atom stereocenters. The van der Waals surface area contributed by atoms with Gasteiger partial charge in [-0.3, -0.25) is 14.5 Å². The minimum Gasteiger partial charge on any atom is -0.465 e. The van der Waals surface area contributed by atoms with Crippen LogP contribution >= 0.6 is 11.8 Å². The SMILES string of the molecule is CCOC(=O)CN(C(=O)CSc1ccccc1F)c1ccccc1F. The third-order valence-corrected chi connectivity index (χ3v) is 4.26. The molecule has 132 valence electrons. The van der Waals surface area contributed by atoms with Crippen molar-refractivity contribution in [2.75, 3.05) is 23.8 Å². The van der Waals surface area contributed by atoms with Crippen molar-refractivity contribution < 1.29 is 23.1 Å². The Morgan fingerprint density at radius 1 is 1.04 bits per heavy atom. The second-order valence-corrected chi connectivity index (χ2v) is 5.97. The van der Waals surface area contributed by atoms with Crippen LogP contribution in [-0.4, -0.2) is 30.8 Å². The number of carbonyl (C=O) groups is 2. The number of para-hydroxylation sites is 1. The summed E-state index contributed by atoms with van der Waals surface area (Å²) in [4.78, 5) is 25.6. The first kappa shape index (κ1) is 18.9. The molecular weight excluding hydrogens is 348 g/mol. The standard InChI is InChI=1S/C18H17F2NO3S/c1-2-24-18(23)11-21(15-9-5-3-7-13(15)19)17(22)12-25-16-10-6-4-8-14(16)20/h3-10H,2,11-12H2,1H3. The molecule has 0 bridgehead atoms. The average Bonchev–Trinajstić information content (AvgIpc) is 2.60. The quantitative estimate of drug-likeness (QED) is 0.555. The van der Waals surface area contributed by atoms with Gasteiger partial charge in [-0.05, 0) is 31.2 Å². The Labute approximate surface area is 148 Å². The molecule has 25 heavy (non-hydrogen) atoms. The fourth-order valence-electron chi connectivity index (χ4n) is 2.09. The predicted octanol–water partition coefficient (Wildman–Crippen LogP) is 3.65. The molecule has 0 aliphatic heterocycles. The summed E-state index contributed by atoms with van der Waals surface area (Å²) in [5, 5.41) is 0. The summed E-state index contributed by atoms with van der Waals surface area (Å²) in [5.74, 6) is -2.38. The van der Waals surface area contributed by atoms with Gasteiger partial charge in [0.15, 0.2) is 0 Å². The van der Waals surface area contributed by atoms with E-state index in [9.17, 15) is 18.4 Å². The molecule has 0 heterocycles. The predicted molar refractivity (Wildman–Crippen MR) is 92.5 cm³/mol. The van der Waals surface area contributed by atoms with Gasteiger partial charge in [-0.15, -0.1) is 11.8 Å². The number of thioether (sulfide) groups is 1. The number of nitrogens with zero attached hydrogens (tertiary/aromatic N) is 1. The Hall–Kier alpha value is -2.41. The maximum atomic E-state index is 14.1. The third kappa shape index (κ3) is 5.29. The van der Waals surface area contributed by atoms with Crippen molar-refractivity contribution in [3.05, 3.63) is 60.2 Å². The maximum absolute atomic E-state index is 14.1. The van der Waals surface area contributed by atoms with Crippen LogP contribution < -0.4 is 4.90 Å². The van der Waals surface area contributed by atoms with Crippen LogP contribution in [0, 0.1) is 11.6 Å². The van der Waals surface area contributed by atoms with Crippen molar-refractivity contribution >= 4 is 29.3 Å². The lowest BCUT2D eigenvalue weighted by Gasteiger charge is -2.22. The van der Waals surface area contributed by atoms with Gasteiger partial charge in [0.2, 0.25) is 5.91 Å². The van der Waals surface area contributed by atoms with Crippen LogP contribution in [0.15, 0.2) is 53.4 Å². The van der Waals surface area contributed by atoms with Crippen LogP contribution in [0.2, 0.25) is 0 Å². The fourth-order valence-corrected chi connectivity index (χ4v) is 2.91. The number of esters is 1. The van der Waals surface area contributed by atoms with E-state index < -0.39 is 30.1 Å². The van der Waals surface area contributed by atoms with Gasteiger partial charge in [0, 0.05) is 4.90 Å². The number of rotatable bonds is 7. The number of halogens is 2. The summed E-state index contributed by atoms with van der Waals surface area (Å²) in [5.41, 5.74) is -0.0188. The average molecular weight is 365 g/mol. The molecule has 0 saturated carbocycles. The Kier molecular flexibility index (Phi) is 6.94. The number of ether oxygens (including phenoxy) is 1. The van der Waals surface area contributed by atoms with Crippen molar-refractivity contribution in [2.24, 2.45) is 0 Å². The second-order valence-electron chi connectivity index (χ2n) is 4.96. The molecule has 7 heteroatoms. The van der Waals surface area contributed by atoms with Gasteiger partial charge in [0.05, 0.1) is 18.0 Å². The fraction of sp³-hybridized carbons (Fsp3) is 0.222. The molecule has 0 radical (unpaired) electrons. The zero-order valence-electron chi connectivity index (χ0n) is 13.6. The molecule has 4 nitrogen and oxygen atoms in total. The lowest BCUT2D eigenvalue weighted by Crippen LogP contribution is -2.38. The van der Waals surface area contributed by atoms with E-state index in [4.69, 9.17) is 4.74 Å². The van der Waals surface area contributed by atoms with Gasteiger partial charge < -0.3 is 4.74 Å². The van der Waals surface area contributed by atoms with Crippen LogP contribution in [0.3, 0.4) is 0 Å². The molecule has 0 saturated heterocycles. The Bertz CT molecular complexity index is 755. The van der Waals surface area contributed by atoms with E-state index in [0.717, 1.165) is 16.7 Å². The van der Waals surface area contributed by atoms with E-state index in [1.165, 1.54) is 24.3 Å². The van der Waals surface area contributed by atoms with Gasteiger partial charge in [-0.25, -0.2) is 8.78 Å². The smallest absolute Gasteiger partial charge is 0.326 e. The molecule has 1 amide bonds. The van der Waals surface area contributed by atoms with Crippen molar-refractivity contribution in [3.8, 4) is 0 Å².